The van der Waals surface area contributed by atoms with Crippen LogP contribution in [-0.4, -0.2) is 36.8 Å². The van der Waals surface area contributed by atoms with Crippen molar-refractivity contribution in [3.8, 4) is 0 Å². The first-order valence-electron chi connectivity index (χ1n) is 12.5. The van der Waals surface area contributed by atoms with E-state index >= 15 is 0 Å². The lowest BCUT2D eigenvalue weighted by Crippen LogP contribution is -2.44. The van der Waals surface area contributed by atoms with Crippen molar-refractivity contribution >= 4 is 11.8 Å². The zero-order valence-corrected chi connectivity index (χ0v) is 20.6. The molecule has 1 fully saturated rings. The average Bonchev–Trinajstić information content (AvgIpc) is 3.16. The maximum Gasteiger partial charge on any atom is 0.0230 e. The second-order valence-electron chi connectivity index (χ2n) is 9.88. The number of benzene rings is 3. The molecule has 0 amide bonds. The molecule has 0 aromatic heterocycles. The summed E-state index contributed by atoms with van der Waals surface area (Å²) in [6, 6.07) is 31.3. The first-order chi connectivity index (χ1) is 16.2. The SMILES string of the molecule is CN(Cc1ccccc1)C[C@H](CC[C@H]1Sc2ccccc2C12CCNCC2)c1ccccc1. The highest BCUT2D eigenvalue weighted by molar-refractivity contribution is 8.00. The van der Waals surface area contributed by atoms with Crippen molar-refractivity contribution in [1.82, 2.24) is 10.2 Å². The number of nitrogens with zero attached hydrogens (tertiary/aromatic N) is 1. The Morgan fingerprint density at radius 1 is 0.909 bits per heavy atom. The van der Waals surface area contributed by atoms with Crippen LogP contribution in [0.5, 0.6) is 0 Å². The molecule has 1 N–H and O–H groups in total. The second kappa shape index (κ2) is 10.5. The van der Waals surface area contributed by atoms with Gasteiger partial charge >= 0.3 is 0 Å². The summed E-state index contributed by atoms with van der Waals surface area (Å²) < 4.78 is 0. The highest BCUT2D eigenvalue weighted by Gasteiger charge is 2.47. The van der Waals surface area contributed by atoms with Gasteiger partial charge in [-0.1, -0.05) is 78.9 Å². The fourth-order valence-corrected chi connectivity index (χ4v) is 7.70. The van der Waals surface area contributed by atoms with Gasteiger partial charge in [0.2, 0.25) is 0 Å². The van der Waals surface area contributed by atoms with E-state index in [4.69, 9.17) is 0 Å². The lowest BCUT2D eigenvalue weighted by atomic mass is 9.69. The summed E-state index contributed by atoms with van der Waals surface area (Å²) in [5.41, 5.74) is 4.85. The van der Waals surface area contributed by atoms with Crippen LogP contribution in [0.2, 0.25) is 0 Å². The van der Waals surface area contributed by atoms with E-state index in [1.54, 1.807) is 5.56 Å². The third kappa shape index (κ3) is 5.06. The number of thioether (sulfide) groups is 1. The maximum absolute atomic E-state index is 3.61. The standard InChI is InChI=1S/C30H36N2S/c1-32(22-24-10-4-2-5-11-24)23-26(25-12-6-3-7-13-25)16-17-29-30(18-20-31-21-19-30)27-14-8-9-15-28(27)33-29/h2-15,26,29,31H,16-23H2,1H3/t26-,29+/m0/s1. The molecule has 2 nitrogen and oxygen atoms in total. The Balaban J connectivity index is 1.32. The van der Waals surface area contributed by atoms with Crippen molar-refractivity contribution in [2.45, 2.75) is 53.7 Å². The Kier molecular flexibility index (Phi) is 7.20. The van der Waals surface area contributed by atoms with E-state index in [0.717, 1.165) is 26.2 Å². The van der Waals surface area contributed by atoms with Crippen molar-refractivity contribution in [1.29, 1.82) is 0 Å². The number of hydrogen-bond acceptors (Lipinski definition) is 3. The summed E-state index contributed by atoms with van der Waals surface area (Å²) in [6.45, 7) is 4.39. The van der Waals surface area contributed by atoms with Gasteiger partial charge in [-0.2, -0.15) is 0 Å². The molecule has 2 aliphatic rings. The smallest absolute Gasteiger partial charge is 0.0230 e. The summed E-state index contributed by atoms with van der Waals surface area (Å²) in [6.07, 6.45) is 5.05. The van der Waals surface area contributed by atoms with Crippen LogP contribution in [0.1, 0.15) is 48.3 Å². The normalized spacial score (nSPS) is 20.1. The molecule has 3 heteroatoms. The highest BCUT2D eigenvalue weighted by Crippen LogP contribution is 2.55. The topological polar surface area (TPSA) is 15.3 Å². The molecule has 0 aliphatic carbocycles. The van der Waals surface area contributed by atoms with Crippen LogP contribution in [0.15, 0.2) is 89.8 Å². The van der Waals surface area contributed by atoms with E-state index in [1.165, 1.54) is 41.7 Å². The van der Waals surface area contributed by atoms with Crippen LogP contribution in [0.3, 0.4) is 0 Å². The van der Waals surface area contributed by atoms with Crippen molar-refractivity contribution in [2.75, 3.05) is 26.7 Å². The monoisotopic (exact) mass is 456 g/mol. The largest absolute Gasteiger partial charge is 0.317 e. The van der Waals surface area contributed by atoms with Gasteiger partial charge in [-0.05, 0) is 74.5 Å². The number of hydrogen-bond donors (Lipinski definition) is 1. The fraction of sp³-hybridized carbons (Fsp3) is 0.400. The van der Waals surface area contributed by atoms with Gasteiger partial charge in [0.05, 0.1) is 0 Å². The second-order valence-corrected chi connectivity index (χ2v) is 11.1. The van der Waals surface area contributed by atoms with Crippen LogP contribution in [0, 0.1) is 0 Å². The Morgan fingerprint density at radius 3 is 2.33 bits per heavy atom. The number of fused-ring (bicyclic) bond motifs is 2. The molecule has 3 aromatic rings. The van der Waals surface area contributed by atoms with E-state index < -0.39 is 0 Å². The number of rotatable bonds is 8. The third-order valence-corrected chi connectivity index (χ3v) is 9.26. The van der Waals surface area contributed by atoms with Gasteiger partial charge in [0.25, 0.3) is 0 Å². The van der Waals surface area contributed by atoms with E-state index in [2.05, 4.69) is 114 Å². The summed E-state index contributed by atoms with van der Waals surface area (Å²) in [5.74, 6) is 0.558. The molecular weight excluding hydrogens is 420 g/mol. The highest BCUT2D eigenvalue weighted by atomic mass is 32.2. The molecule has 1 saturated heterocycles. The molecular formula is C30H36N2S. The van der Waals surface area contributed by atoms with Crippen LogP contribution in [-0.2, 0) is 12.0 Å². The molecule has 33 heavy (non-hydrogen) atoms. The van der Waals surface area contributed by atoms with E-state index in [1.807, 2.05) is 0 Å². The summed E-state index contributed by atoms with van der Waals surface area (Å²) >= 11 is 2.16. The molecule has 3 aromatic carbocycles. The van der Waals surface area contributed by atoms with E-state index in [0.29, 0.717) is 16.6 Å². The predicted molar refractivity (Wildman–Crippen MR) is 141 cm³/mol. The van der Waals surface area contributed by atoms with Crippen LogP contribution in [0.4, 0.5) is 0 Å². The molecule has 0 saturated carbocycles. The van der Waals surface area contributed by atoms with Crippen LogP contribution < -0.4 is 5.32 Å². The van der Waals surface area contributed by atoms with Gasteiger partial charge in [0.15, 0.2) is 0 Å². The van der Waals surface area contributed by atoms with Crippen LogP contribution >= 0.6 is 11.8 Å². The average molecular weight is 457 g/mol. The van der Waals surface area contributed by atoms with Crippen molar-refractivity contribution in [2.24, 2.45) is 0 Å². The minimum atomic E-state index is 0.351. The summed E-state index contributed by atoms with van der Waals surface area (Å²) in [5, 5.41) is 4.29. The van der Waals surface area contributed by atoms with Gasteiger partial charge in [0, 0.05) is 28.6 Å². The van der Waals surface area contributed by atoms with Gasteiger partial charge < -0.3 is 10.2 Å². The Hall–Kier alpha value is -2.07. The maximum atomic E-state index is 3.61. The fourth-order valence-electron chi connectivity index (χ4n) is 6.00. The molecule has 2 atom stereocenters. The Morgan fingerprint density at radius 2 is 1.58 bits per heavy atom. The zero-order chi connectivity index (χ0) is 22.5. The van der Waals surface area contributed by atoms with E-state index in [9.17, 15) is 0 Å². The molecule has 0 unspecified atom stereocenters. The molecule has 0 radical (unpaired) electrons. The van der Waals surface area contributed by atoms with Gasteiger partial charge in [0.1, 0.15) is 0 Å². The molecule has 2 heterocycles. The number of nitrogens with one attached hydrogen (secondary N) is 1. The van der Waals surface area contributed by atoms with Gasteiger partial charge in [-0.15, -0.1) is 11.8 Å². The Labute approximate surface area is 203 Å². The Bertz CT molecular complexity index is 1010. The van der Waals surface area contributed by atoms with Crippen molar-refractivity contribution < 1.29 is 0 Å². The molecule has 172 valence electrons. The lowest BCUT2D eigenvalue weighted by Gasteiger charge is -2.40. The number of likely N-dealkylation sites (N-methyl/N-ethyl adjacent to an activating group) is 1. The van der Waals surface area contributed by atoms with Crippen molar-refractivity contribution in [3.05, 3.63) is 102 Å². The van der Waals surface area contributed by atoms with Crippen LogP contribution in [0.25, 0.3) is 0 Å². The third-order valence-electron chi connectivity index (χ3n) is 7.68. The van der Waals surface area contributed by atoms with Gasteiger partial charge in [-0.3, -0.25) is 0 Å². The molecule has 2 aliphatic heterocycles. The first kappa shape index (κ1) is 22.7. The summed E-state index contributed by atoms with van der Waals surface area (Å²) in [7, 11) is 2.28. The van der Waals surface area contributed by atoms with Gasteiger partial charge in [-0.25, -0.2) is 0 Å². The molecule has 1 spiro atoms. The summed E-state index contributed by atoms with van der Waals surface area (Å²) in [4.78, 5) is 4.03. The zero-order valence-electron chi connectivity index (χ0n) is 19.7. The minimum absolute atomic E-state index is 0.351. The first-order valence-corrected chi connectivity index (χ1v) is 13.4. The minimum Gasteiger partial charge on any atom is -0.317 e. The quantitative estimate of drug-likeness (QED) is 0.418. The molecule has 5 rings (SSSR count). The lowest BCUT2D eigenvalue weighted by molar-refractivity contribution is 0.271. The predicted octanol–water partition coefficient (Wildman–Crippen LogP) is 6.48. The molecule has 0 bridgehead atoms. The van der Waals surface area contributed by atoms with E-state index in [-0.39, 0.29) is 0 Å². The van der Waals surface area contributed by atoms with Crippen molar-refractivity contribution in [3.63, 3.8) is 0 Å². The number of piperidine rings is 1.